The molecule has 0 radical (unpaired) electrons. The summed E-state index contributed by atoms with van der Waals surface area (Å²) >= 11 is 14.8. The van der Waals surface area contributed by atoms with E-state index in [1.165, 1.54) is 37.8 Å². The van der Waals surface area contributed by atoms with E-state index in [2.05, 4.69) is 60.1 Å². The van der Waals surface area contributed by atoms with E-state index in [4.69, 9.17) is 47.9 Å². The molecule has 8 amide bonds. The molecule has 0 aromatic heterocycles. The Kier molecular flexibility index (Phi) is 30.7. The molecule has 4 unspecified atom stereocenters. The summed E-state index contributed by atoms with van der Waals surface area (Å²) in [5.74, 6) is -14.8. The molecule has 2 saturated heterocycles. The van der Waals surface area contributed by atoms with E-state index in [1.54, 1.807) is 7.05 Å². The molecule has 21 N–H and O–H groups in total. The number of alkyl halides is 2. The highest BCUT2D eigenvalue weighted by atomic mass is 35.5. The van der Waals surface area contributed by atoms with Crippen molar-refractivity contribution in [2.45, 2.75) is 307 Å². The lowest BCUT2D eigenvalue weighted by molar-refractivity contribution is -0.278. The molecule has 10 fully saturated rings. The first-order chi connectivity index (χ1) is 55.0. The largest absolute Gasteiger partial charge is 0.485 e. The summed E-state index contributed by atoms with van der Waals surface area (Å²) in [5.41, 5.74) is 5.63. The topological polar surface area (TPSA) is 502 Å². The maximum atomic E-state index is 16.5. The van der Waals surface area contributed by atoms with Gasteiger partial charge in [-0.15, -0.1) is 23.2 Å². The molecule has 28 atom stereocenters. The van der Waals surface area contributed by atoms with E-state index >= 15 is 28.8 Å². The number of nitrogens with two attached hydrogens (primary N) is 1. The molecule has 15 bridgehead atoms. The van der Waals surface area contributed by atoms with Gasteiger partial charge >= 0.3 is 0 Å². The molecule has 15 rings (SSSR count). The monoisotopic (exact) mass is 1660 g/mol. The summed E-state index contributed by atoms with van der Waals surface area (Å²) < 4.78 is 26.3. The van der Waals surface area contributed by atoms with Crippen LogP contribution in [0, 0.1) is 71.0 Å². The zero-order valence-electron chi connectivity index (χ0n) is 66.5. The average Bonchev–Trinajstić information content (AvgIpc) is 0.755. The molecule has 0 spiro atoms. The van der Waals surface area contributed by atoms with Crippen LogP contribution in [0.3, 0.4) is 0 Å². The van der Waals surface area contributed by atoms with Gasteiger partial charge in [0.25, 0.3) is 0 Å². The fraction of sp³-hybridized carbons (Fsp3) is 0.827. The van der Waals surface area contributed by atoms with E-state index in [1.807, 2.05) is 13.8 Å². The number of likely N-dealkylation sites (N-methyl/N-ethyl adjacent to an activating group) is 1. The summed E-state index contributed by atoms with van der Waals surface area (Å²) in [4.78, 5) is 123. The Hall–Kier alpha value is -5.56. The Morgan fingerprint density at radius 2 is 1.20 bits per heavy atom. The van der Waals surface area contributed by atoms with E-state index in [-0.39, 0.29) is 118 Å². The minimum atomic E-state index is -2.13. The number of benzene rings is 1. The van der Waals surface area contributed by atoms with Crippen molar-refractivity contribution in [1.82, 2.24) is 53.2 Å². The number of nitrogens with one attached hydrogen (secondary N) is 10. The second kappa shape index (κ2) is 39.8. The number of fused-ring (bicyclic) bond motifs is 15. The van der Waals surface area contributed by atoms with Gasteiger partial charge in [0.15, 0.2) is 11.5 Å². The van der Waals surface area contributed by atoms with Gasteiger partial charge in [0.1, 0.15) is 72.9 Å². The number of halogens is 2. The summed E-state index contributed by atoms with van der Waals surface area (Å²) in [7, 11) is 1.54. The lowest BCUT2D eigenvalue weighted by atomic mass is 9.54. The van der Waals surface area contributed by atoms with Crippen LogP contribution in [0.1, 0.15) is 186 Å². The zero-order valence-corrected chi connectivity index (χ0v) is 68.1. The van der Waals surface area contributed by atoms with Gasteiger partial charge in [0.05, 0.1) is 60.3 Å². The maximum absolute atomic E-state index is 16.5. The second-order valence-electron chi connectivity index (χ2n) is 35.8. The first-order valence-corrected chi connectivity index (χ1v) is 43.6. The minimum absolute atomic E-state index is 0.00225. The highest BCUT2D eigenvalue weighted by Crippen LogP contribution is 2.55. The molecular formula is C81H127Cl2N11O21. The van der Waals surface area contributed by atoms with Crippen LogP contribution in [0.4, 0.5) is 0 Å². The number of unbranched alkanes of at least 4 members (excludes halogenated alkanes) is 6. The van der Waals surface area contributed by atoms with Gasteiger partial charge in [0.2, 0.25) is 59.3 Å². The van der Waals surface area contributed by atoms with E-state index in [0.29, 0.717) is 24.9 Å². The molecule has 8 saturated carbocycles. The van der Waals surface area contributed by atoms with Gasteiger partial charge < -0.3 is 124 Å². The number of amides is 8. The normalized spacial score (nSPS) is 40.4. The van der Waals surface area contributed by atoms with Crippen molar-refractivity contribution in [3.63, 3.8) is 0 Å². The Balaban J connectivity index is 0.963. The van der Waals surface area contributed by atoms with Crippen molar-refractivity contribution < 1.29 is 103 Å². The van der Waals surface area contributed by atoms with Gasteiger partial charge in [-0.3, -0.25) is 38.4 Å². The summed E-state index contributed by atoms with van der Waals surface area (Å²) in [5, 5.41) is 136. The van der Waals surface area contributed by atoms with Crippen molar-refractivity contribution in [3.8, 4) is 17.2 Å². The summed E-state index contributed by atoms with van der Waals surface area (Å²) in [6.45, 7) is 7.03. The average molecular weight is 1660 g/mol. The molecule has 6 heterocycles. The van der Waals surface area contributed by atoms with Gasteiger partial charge in [-0.2, -0.15) is 0 Å². The molecule has 14 aliphatic rings. The Morgan fingerprint density at radius 3 is 1.82 bits per heavy atom. The lowest BCUT2D eigenvalue weighted by Crippen LogP contribution is -2.68. The van der Waals surface area contributed by atoms with Crippen LogP contribution in [0.5, 0.6) is 17.2 Å². The molecule has 34 heteroatoms. The van der Waals surface area contributed by atoms with Gasteiger partial charge in [-0.1, -0.05) is 59.3 Å². The van der Waals surface area contributed by atoms with Crippen LogP contribution in [-0.2, 0) is 43.1 Å². The number of carbonyl (C=O) groups is 8. The van der Waals surface area contributed by atoms with Crippen molar-refractivity contribution in [1.29, 1.82) is 0 Å². The third-order valence-electron chi connectivity index (χ3n) is 27.4. The third-order valence-corrected chi connectivity index (χ3v) is 28.4. The SMILES string of the molecule is CCCCCCCCCNCCNCC1[C@H](O)C2C3C[C@H](CC[C@H]3O)[C@H]3NC(=O)[C@@H]4NC(=O)[C@H](CC(N)=O)NC(=O)[C@H](NC(=O)[C@@H](CC(C)C)NC)[C@H](O)[C@H]5CC[C@@H](Oc6cc4cc(c6O[C@@H]4O[C@H](CO)[C@@H](O)[C@H](O)[C@H]4O)O[C@@H]4CC[C@@H](C[C@@H]4Cl)[C@@H](O)[C@H](NC3=O)C(=O)N[C@H](C(=O)NC3C4CC6CC(C4)CC3C6)C2C[C@@H]1O)[C@H](Cl)C5. The Labute approximate surface area is 682 Å². The number of hydrogen-bond donors (Lipinski definition) is 20. The molecule has 6 aliphatic heterocycles. The molecular weight excluding hydrogens is 1530 g/mol. The van der Waals surface area contributed by atoms with Crippen LogP contribution in [0.2, 0.25) is 0 Å². The van der Waals surface area contributed by atoms with Crippen LogP contribution >= 0.6 is 23.2 Å². The summed E-state index contributed by atoms with van der Waals surface area (Å²) in [6, 6.07) is -9.88. The molecule has 32 nitrogen and oxygen atoms in total. The van der Waals surface area contributed by atoms with Gasteiger partial charge in [-0.25, -0.2) is 0 Å². The number of hydrogen-bond acceptors (Lipinski definition) is 24. The molecule has 1 aromatic carbocycles. The minimum Gasteiger partial charge on any atom is -0.485 e. The fourth-order valence-electron chi connectivity index (χ4n) is 21.4. The van der Waals surface area contributed by atoms with Gasteiger partial charge in [-0.05, 0) is 206 Å². The first kappa shape index (κ1) is 88.7. The van der Waals surface area contributed by atoms with Crippen molar-refractivity contribution in [2.24, 2.45) is 76.7 Å². The Bertz CT molecular complexity index is 3490. The predicted octanol–water partition coefficient (Wildman–Crippen LogP) is -0.350. The number of rotatable bonds is 25. The number of aliphatic hydroxyl groups is 9. The number of ether oxygens (including phenoxy) is 4. The molecule has 115 heavy (non-hydrogen) atoms. The number of carbonyl (C=O) groups excluding carboxylic acids is 8. The van der Waals surface area contributed by atoms with Crippen LogP contribution in [0.25, 0.3) is 0 Å². The van der Waals surface area contributed by atoms with Crippen LogP contribution < -0.4 is 73.1 Å². The van der Waals surface area contributed by atoms with E-state index in [9.17, 15) is 55.5 Å². The highest BCUT2D eigenvalue weighted by molar-refractivity contribution is 6.21. The fourth-order valence-corrected chi connectivity index (χ4v) is 22.2. The van der Waals surface area contributed by atoms with Crippen LogP contribution in [0.15, 0.2) is 12.1 Å². The lowest BCUT2D eigenvalue weighted by Gasteiger charge is -2.55. The van der Waals surface area contributed by atoms with E-state index in [0.717, 1.165) is 57.9 Å². The maximum Gasteiger partial charge on any atom is 0.247 e. The number of aliphatic hydroxyl groups excluding tert-OH is 9. The first-order valence-electron chi connectivity index (χ1n) is 42.7. The molecule has 646 valence electrons. The Morgan fingerprint density at radius 1 is 0.591 bits per heavy atom. The smallest absolute Gasteiger partial charge is 0.247 e. The van der Waals surface area contributed by atoms with Crippen molar-refractivity contribution in [2.75, 3.05) is 39.8 Å². The zero-order chi connectivity index (χ0) is 82.4. The van der Waals surface area contributed by atoms with Crippen molar-refractivity contribution >= 4 is 70.5 Å². The van der Waals surface area contributed by atoms with Gasteiger partial charge in [0, 0.05) is 31.6 Å². The highest BCUT2D eigenvalue weighted by Gasteiger charge is 2.58. The molecule has 1 aromatic rings. The van der Waals surface area contributed by atoms with Crippen molar-refractivity contribution in [3.05, 3.63) is 17.7 Å². The quantitative estimate of drug-likeness (QED) is 0.0439. The summed E-state index contributed by atoms with van der Waals surface area (Å²) in [6.07, 6.45) is -7.38. The van der Waals surface area contributed by atoms with E-state index < -0.39 is 234 Å². The predicted molar refractivity (Wildman–Crippen MR) is 419 cm³/mol. The standard InChI is InChI=1S/C81H127Cl2N11O21/c1-5-6-7-8-9-10-11-18-86-19-20-87-34-47-53(97)32-46-60(69(47)101)45-27-39(12-15-52(45)96)62-76(107)94-66(80(111)92-64(46)78(109)89-61-42-23-37-22-38(25-42)26-43(61)24-37)68(100)41-14-17-55(49(83)29-41)113-57-31-44-30-56(73(57)115-81-72(104)71(103)70(102)58(35-95)114-81)112-54-16-13-40(28-48(54)82)67(99)65(93-74(105)50(85-4)21-36(2)3)79(110)88-51(33-59(84)98)75(106)90-63(44)77(108)91-62/h30-31,36-43,45-55,58,60-72,81,85-87,95-97,99-104H,5-29,32-35H2,1-4H3,(H2,84,98)(H,88,110)(H,89,109)(H,90,106)(H,91,108)(H,92,111)(H,93,105)(H,94,107)/t37?,38?,39-,40-,41-,42?,43?,45?,46?,47?,48+,49-,50+,51-,52+,53-,54+,55+,58+,60?,61?,62+,63+,64-,65+,66-,67+,68+,69-,70+,71-,72+,81-/m0/s1. The number of primary amides is 1. The van der Waals surface area contributed by atoms with Crippen LogP contribution in [-0.4, -0.2) is 260 Å². The molecule has 8 aliphatic carbocycles. The third kappa shape index (κ3) is 20.7. The second-order valence-corrected chi connectivity index (χ2v) is 36.9.